The molecule has 0 unspecified atom stereocenters. The van der Waals surface area contributed by atoms with E-state index in [1.54, 1.807) is 0 Å². The van der Waals surface area contributed by atoms with Gasteiger partial charge in [-0.1, -0.05) is 39.0 Å². The van der Waals surface area contributed by atoms with E-state index in [2.05, 4.69) is 63.2 Å². The first-order valence-electron chi connectivity index (χ1n) is 6.27. The predicted octanol–water partition coefficient (Wildman–Crippen LogP) is 2.90. The van der Waals surface area contributed by atoms with Crippen molar-refractivity contribution < 1.29 is 0 Å². The Bertz CT molecular complexity index is 364. The third-order valence-electron chi connectivity index (χ3n) is 3.08. The van der Waals surface area contributed by atoms with E-state index < -0.39 is 0 Å². The zero-order valence-corrected chi connectivity index (χ0v) is 12.1. The van der Waals surface area contributed by atoms with Gasteiger partial charge in [0.2, 0.25) is 0 Å². The normalized spacial score (nSPS) is 12.2. The Morgan fingerprint density at radius 3 is 2.41 bits per heavy atom. The van der Waals surface area contributed by atoms with Crippen molar-refractivity contribution in [3.63, 3.8) is 0 Å². The second-order valence-electron chi connectivity index (χ2n) is 5.92. The first kappa shape index (κ1) is 14.2. The van der Waals surface area contributed by atoms with Gasteiger partial charge in [0.25, 0.3) is 0 Å². The largest absolute Gasteiger partial charge is 0.307 e. The van der Waals surface area contributed by atoms with E-state index in [0.717, 1.165) is 13.2 Å². The molecule has 0 aliphatic rings. The highest BCUT2D eigenvalue weighted by atomic mass is 15.2. The van der Waals surface area contributed by atoms with Crippen LogP contribution in [0.15, 0.2) is 18.2 Å². The van der Waals surface area contributed by atoms with Crippen LogP contribution in [0.5, 0.6) is 0 Å². The molecule has 0 bridgehead atoms. The first-order chi connectivity index (χ1) is 7.84. The van der Waals surface area contributed by atoms with Crippen LogP contribution in [0.4, 0.5) is 0 Å². The molecule has 17 heavy (non-hydrogen) atoms. The Kier molecular flexibility index (Phi) is 4.72. The van der Waals surface area contributed by atoms with Crippen LogP contribution in [-0.4, -0.2) is 25.7 Å². The molecule has 1 N–H and O–H groups in total. The summed E-state index contributed by atoms with van der Waals surface area (Å²) in [6, 6.07) is 6.83. The first-order valence-corrected chi connectivity index (χ1v) is 6.27. The summed E-state index contributed by atoms with van der Waals surface area (Å²) in [6.07, 6.45) is 0. The Morgan fingerprint density at radius 1 is 1.24 bits per heavy atom. The maximum Gasteiger partial charge on any atom is 0.0478 e. The maximum absolute atomic E-state index is 3.18. The van der Waals surface area contributed by atoms with Crippen molar-refractivity contribution in [2.24, 2.45) is 0 Å². The lowest BCUT2D eigenvalue weighted by molar-refractivity contribution is 0.309. The van der Waals surface area contributed by atoms with Gasteiger partial charge in [0.15, 0.2) is 0 Å². The summed E-state index contributed by atoms with van der Waals surface area (Å²) in [5.41, 5.74) is 4.44. The van der Waals surface area contributed by atoms with Crippen LogP contribution < -0.4 is 5.32 Å². The van der Waals surface area contributed by atoms with Crippen LogP contribution in [0.2, 0.25) is 0 Å². The van der Waals surface area contributed by atoms with Gasteiger partial charge in [-0.15, -0.1) is 0 Å². The summed E-state index contributed by atoms with van der Waals surface area (Å²) >= 11 is 0. The highest BCUT2D eigenvalue weighted by molar-refractivity contribution is 5.34. The van der Waals surface area contributed by atoms with Crippen LogP contribution in [0.3, 0.4) is 0 Å². The molecule has 0 aliphatic carbocycles. The van der Waals surface area contributed by atoms with Crippen molar-refractivity contribution in [2.75, 3.05) is 20.8 Å². The quantitative estimate of drug-likeness (QED) is 0.806. The predicted molar refractivity (Wildman–Crippen MR) is 75.3 cm³/mol. The maximum atomic E-state index is 3.18. The highest BCUT2D eigenvalue weighted by Crippen LogP contribution is 2.24. The second-order valence-corrected chi connectivity index (χ2v) is 5.92. The number of hydrogen-bond donors (Lipinski definition) is 1. The van der Waals surface area contributed by atoms with E-state index in [1.165, 1.54) is 16.7 Å². The van der Waals surface area contributed by atoms with Crippen molar-refractivity contribution in [1.29, 1.82) is 0 Å². The van der Waals surface area contributed by atoms with E-state index in [1.807, 2.05) is 7.05 Å². The minimum atomic E-state index is 0.226. The zero-order chi connectivity index (χ0) is 13.1. The second kappa shape index (κ2) is 5.65. The highest BCUT2D eigenvalue weighted by Gasteiger charge is 2.15. The average Bonchev–Trinajstić information content (AvgIpc) is 2.20. The molecule has 0 radical (unpaired) electrons. The van der Waals surface area contributed by atoms with Crippen LogP contribution >= 0.6 is 0 Å². The monoisotopic (exact) mass is 234 g/mol. The number of nitrogens with zero attached hydrogens (tertiary/aromatic N) is 1. The molecule has 1 aromatic rings. The van der Waals surface area contributed by atoms with Crippen molar-refractivity contribution in [1.82, 2.24) is 10.2 Å². The average molecular weight is 234 g/mol. The van der Waals surface area contributed by atoms with Crippen molar-refractivity contribution in [2.45, 2.75) is 39.7 Å². The van der Waals surface area contributed by atoms with Crippen LogP contribution in [0, 0.1) is 6.92 Å². The van der Waals surface area contributed by atoms with Gasteiger partial charge < -0.3 is 5.32 Å². The Balaban J connectivity index is 2.91. The molecule has 0 spiro atoms. The molecule has 1 rings (SSSR count). The van der Waals surface area contributed by atoms with E-state index in [-0.39, 0.29) is 5.41 Å². The third kappa shape index (κ3) is 4.14. The van der Waals surface area contributed by atoms with Gasteiger partial charge in [-0.05, 0) is 43.1 Å². The summed E-state index contributed by atoms with van der Waals surface area (Å²) in [4.78, 5) is 2.29. The standard InChI is InChI=1S/C15H26N2/c1-12-7-8-14(15(2,3)4)9-13(12)10-17(6)11-16-5/h7-9,16H,10-11H2,1-6H3. The molecular formula is C15H26N2. The Morgan fingerprint density at radius 2 is 1.88 bits per heavy atom. The van der Waals surface area contributed by atoms with Crippen molar-refractivity contribution in [3.8, 4) is 0 Å². The third-order valence-corrected chi connectivity index (χ3v) is 3.08. The molecule has 0 saturated heterocycles. The fourth-order valence-electron chi connectivity index (χ4n) is 1.92. The molecule has 0 atom stereocenters. The van der Waals surface area contributed by atoms with E-state index >= 15 is 0 Å². The van der Waals surface area contributed by atoms with Gasteiger partial charge in [-0.2, -0.15) is 0 Å². The minimum absolute atomic E-state index is 0.226. The SMILES string of the molecule is CNCN(C)Cc1cc(C(C)(C)C)ccc1C. The smallest absolute Gasteiger partial charge is 0.0478 e. The summed E-state index contributed by atoms with van der Waals surface area (Å²) < 4.78 is 0. The molecule has 1 aromatic carbocycles. The van der Waals surface area contributed by atoms with Crippen LogP contribution in [-0.2, 0) is 12.0 Å². The van der Waals surface area contributed by atoms with Crippen LogP contribution in [0.25, 0.3) is 0 Å². The molecule has 0 aromatic heterocycles. The summed E-state index contributed by atoms with van der Waals surface area (Å²) in [5.74, 6) is 0. The van der Waals surface area contributed by atoms with Gasteiger partial charge in [0, 0.05) is 13.2 Å². The Hall–Kier alpha value is -0.860. The molecule has 0 saturated carbocycles. The molecule has 0 heterocycles. The molecule has 2 heteroatoms. The van der Waals surface area contributed by atoms with E-state index in [0.29, 0.717) is 0 Å². The molecule has 0 amide bonds. The number of rotatable bonds is 4. The lowest BCUT2D eigenvalue weighted by atomic mass is 9.85. The van der Waals surface area contributed by atoms with Crippen molar-refractivity contribution in [3.05, 3.63) is 34.9 Å². The van der Waals surface area contributed by atoms with Crippen LogP contribution in [0.1, 0.15) is 37.5 Å². The van der Waals surface area contributed by atoms with E-state index in [9.17, 15) is 0 Å². The lowest BCUT2D eigenvalue weighted by Crippen LogP contribution is -2.28. The summed E-state index contributed by atoms with van der Waals surface area (Å²) in [7, 11) is 4.12. The summed E-state index contributed by atoms with van der Waals surface area (Å²) in [5, 5.41) is 3.18. The molecule has 96 valence electrons. The molecule has 2 nitrogen and oxygen atoms in total. The Labute approximate surface area is 106 Å². The molecular weight excluding hydrogens is 208 g/mol. The zero-order valence-electron chi connectivity index (χ0n) is 12.1. The van der Waals surface area contributed by atoms with Gasteiger partial charge in [-0.25, -0.2) is 0 Å². The van der Waals surface area contributed by atoms with E-state index in [4.69, 9.17) is 0 Å². The number of benzene rings is 1. The van der Waals surface area contributed by atoms with Gasteiger partial charge in [0.1, 0.15) is 0 Å². The topological polar surface area (TPSA) is 15.3 Å². The fourth-order valence-corrected chi connectivity index (χ4v) is 1.92. The minimum Gasteiger partial charge on any atom is -0.307 e. The number of aryl methyl sites for hydroxylation is 1. The number of nitrogens with one attached hydrogen (secondary N) is 1. The van der Waals surface area contributed by atoms with Gasteiger partial charge in [0.05, 0.1) is 0 Å². The number of hydrogen-bond acceptors (Lipinski definition) is 2. The fraction of sp³-hybridized carbons (Fsp3) is 0.600. The molecule has 0 aliphatic heterocycles. The summed E-state index contributed by atoms with van der Waals surface area (Å²) in [6.45, 7) is 10.9. The molecule has 0 fully saturated rings. The van der Waals surface area contributed by atoms with Crippen molar-refractivity contribution >= 4 is 0 Å². The van der Waals surface area contributed by atoms with Gasteiger partial charge in [-0.3, -0.25) is 4.90 Å². The van der Waals surface area contributed by atoms with Gasteiger partial charge >= 0.3 is 0 Å². The lowest BCUT2D eigenvalue weighted by Gasteiger charge is -2.23.